The molecule has 0 aromatic carbocycles. The van der Waals surface area contributed by atoms with Crippen molar-refractivity contribution >= 4 is 40.1 Å². The first-order valence-electron chi connectivity index (χ1n) is 3.03. The molecule has 0 fully saturated rings. The Morgan fingerprint density at radius 3 is 1.50 bits per heavy atom. The molecule has 3 nitrogen and oxygen atoms in total. The molecular weight excluding hydrogens is 363 g/mol. The molecule has 0 aromatic heterocycles. The van der Waals surface area contributed by atoms with Gasteiger partial charge in [-0.2, -0.15) is 17.6 Å². The highest BCUT2D eigenvalue weighted by Gasteiger charge is 2.28. The van der Waals surface area contributed by atoms with E-state index in [9.17, 15) is 22.1 Å². The number of hydrogen-bond acceptors (Lipinski definition) is 3. The van der Waals surface area contributed by atoms with Crippen molar-refractivity contribution in [3.63, 3.8) is 0 Å². The predicted octanol–water partition coefficient (Wildman–Crippen LogP) is 3.38. The normalized spacial score (nSPS) is 13.6. The lowest BCUT2D eigenvalue weighted by atomic mass is 10.8. The second-order valence-corrected chi connectivity index (χ2v) is 5.46. The molecule has 0 spiro atoms. The van der Waals surface area contributed by atoms with Crippen molar-refractivity contribution in [3.05, 3.63) is 0 Å². The number of alkyl halides is 6. The molecule has 0 bridgehead atoms. The van der Waals surface area contributed by atoms with Crippen LogP contribution in [0.1, 0.15) is 0 Å². The first-order chi connectivity index (χ1) is 6.10. The van der Waals surface area contributed by atoms with Gasteiger partial charge >= 0.3 is 17.9 Å². The summed E-state index contributed by atoms with van der Waals surface area (Å²) in [4.78, 5) is -6.71. The van der Waals surface area contributed by atoms with Crippen molar-refractivity contribution in [1.82, 2.24) is 0 Å². The van der Waals surface area contributed by atoms with Gasteiger partial charge in [-0.15, -0.1) is 0 Å². The smallest absolute Gasteiger partial charge is 0.303 e. The van der Waals surface area contributed by atoms with Gasteiger partial charge in [0.15, 0.2) is 0 Å². The molecule has 86 valence electrons. The van der Waals surface area contributed by atoms with Gasteiger partial charge in [-0.25, -0.2) is 0 Å². The van der Waals surface area contributed by atoms with E-state index in [0.29, 0.717) is 0 Å². The van der Waals surface area contributed by atoms with Gasteiger partial charge in [0.25, 0.3) is 0 Å². The second kappa shape index (κ2) is 5.79. The average molecular weight is 368 g/mol. The van der Waals surface area contributed by atoms with Crippen molar-refractivity contribution in [2.75, 3.05) is 13.2 Å². The molecule has 0 aliphatic rings. The highest BCUT2D eigenvalue weighted by atomic mass is 79.9. The van der Waals surface area contributed by atoms with Gasteiger partial charge in [0, 0.05) is 0 Å². The zero-order valence-electron chi connectivity index (χ0n) is 6.41. The summed E-state index contributed by atoms with van der Waals surface area (Å²) in [7, 11) is -3.33. The number of hydrogen-bond donors (Lipinski definition) is 0. The highest BCUT2D eigenvalue weighted by Crippen LogP contribution is 2.33. The van der Waals surface area contributed by atoms with E-state index in [1.807, 2.05) is 31.9 Å². The minimum Gasteiger partial charge on any atom is -0.303 e. The summed E-state index contributed by atoms with van der Waals surface area (Å²) in [5.74, 6) is 0. The van der Waals surface area contributed by atoms with E-state index in [-0.39, 0.29) is 0 Å². The van der Waals surface area contributed by atoms with E-state index < -0.39 is 31.1 Å². The van der Waals surface area contributed by atoms with Gasteiger partial charge in [0.05, 0.1) is 0 Å². The molecule has 0 heterocycles. The summed E-state index contributed by atoms with van der Waals surface area (Å²) in [5.41, 5.74) is 0. The van der Waals surface area contributed by atoms with Gasteiger partial charge in [-0.1, -0.05) is 0 Å². The minimum atomic E-state index is -3.35. The lowest BCUT2D eigenvalue weighted by Gasteiger charge is -2.11. The molecule has 0 saturated carbocycles. The van der Waals surface area contributed by atoms with Gasteiger partial charge in [0.2, 0.25) is 0 Å². The van der Waals surface area contributed by atoms with Gasteiger partial charge in [0.1, 0.15) is 13.2 Å². The van der Waals surface area contributed by atoms with Gasteiger partial charge < -0.3 is 9.05 Å². The standard InChI is InChI=1S/C4H5Br2F4O3P/c5-3(7,8)1-12-14(11)13-2-4(6,9)10/h14H,1-2H2. The molecule has 0 unspecified atom stereocenters. The Balaban J connectivity index is 3.68. The summed E-state index contributed by atoms with van der Waals surface area (Å²) in [6, 6.07) is 0. The topological polar surface area (TPSA) is 35.5 Å². The molecule has 0 atom stereocenters. The summed E-state index contributed by atoms with van der Waals surface area (Å²) in [6.07, 6.45) is 0. The fraction of sp³-hybridized carbons (Fsp3) is 1.00. The van der Waals surface area contributed by atoms with Crippen LogP contribution < -0.4 is 0 Å². The molecule has 0 amide bonds. The number of halogens is 6. The Morgan fingerprint density at radius 2 is 1.29 bits per heavy atom. The Labute approximate surface area is 94.3 Å². The van der Waals surface area contributed by atoms with Crippen molar-refractivity contribution in [2.45, 2.75) is 9.66 Å². The zero-order chi connectivity index (χ0) is 11.4. The summed E-state index contributed by atoms with van der Waals surface area (Å²) in [6.45, 7) is -2.42. The largest absolute Gasteiger partial charge is 0.324 e. The molecule has 10 heteroatoms. The van der Waals surface area contributed by atoms with Crippen molar-refractivity contribution in [2.24, 2.45) is 0 Å². The van der Waals surface area contributed by atoms with Crippen LogP contribution in [0.4, 0.5) is 17.6 Å². The first kappa shape index (κ1) is 14.8. The third kappa shape index (κ3) is 10.9. The molecule has 0 N–H and O–H groups in total. The monoisotopic (exact) mass is 366 g/mol. The van der Waals surface area contributed by atoms with Gasteiger partial charge in [-0.3, -0.25) is 4.57 Å². The highest BCUT2D eigenvalue weighted by molar-refractivity contribution is 9.10. The van der Waals surface area contributed by atoms with Crippen LogP contribution in [0.5, 0.6) is 0 Å². The molecule has 0 rings (SSSR count). The van der Waals surface area contributed by atoms with E-state index in [4.69, 9.17) is 0 Å². The van der Waals surface area contributed by atoms with E-state index >= 15 is 0 Å². The van der Waals surface area contributed by atoms with Crippen LogP contribution in [-0.2, 0) is 13.6 Å². The molecule has 0 aliphatic carbocycles. The molecule has 0 saturated heterocycles. The maximum atomic E-state index is 12.0. The second-order valence-electron chi connectivity index (χ2n) is 2.06. The third-order valence-corrected chi connectivity index (χ3v) is 1.93. The fourth-order valence-electron chi connectivity index (χ4n) is 0.323. The quantitative estimate of drug-likeness (QED) is 0.410. The Morgan fingerprint density at radius 1 is 1.00 bits per heavy atom. The van der Waals surface area contributed by atoms with E-state index in [1.165, 1.54) is 0 Å². The Hall–Kier alpha value is 0.830. The fourth-order valence-corrected chi connectivity index (χ4v) is 1.66. The van der Waals surface area contributed by atoms with Crippen LogP contribution in [0.25, 0.3) is 0 Å². The molecule has 0 aliphatic heterocycles. The zero-order valence-corrected chi connectivity index (χ0v) is 10.6. The van der Waals surface area contributed by atoms with Crippen molar-refractivity contribution in [3.8, 4) is 0 Å². The maximum absolute atomic E-state index is 12.0. The van der Waals surface area contributed by atoms with E-state index in [0.717, 1.165) is 0 Å². The molecular formula is C4H5Br2F4O3P. The molecule has 0 radical (unpaired) electrons. The van der Waals surface area contributed by atoms with Crippen LogP contribution in [-0.4, -0.2) is 22.9 Å². The molecule has 0 aromatic rings. The summed E-state index contributed by atoms with van der Waals surface area (Å²) < 4.78 is 66.6. The third-order valence-electron chi connectivity index (χ3n) is 0.707. The van der Waals surface area contributed by atoms with Crippen molar-refractivity contribution < 1.29 is 31.2 Å². The van der Waals surface area contributed by atoms with E-state index in [1.54, 1.807) is 0 Å². The van der Waals surface area contributed by atoms with Crippen LogP contribution in [0, 0.1) is 0 Å². The predicted molar refractivity (Wildman–Crippen MR) is 48.7 cm³/mol. The Kier molecular flexibility index (Phi) is 6.13. The van der Waals surface area contributed by atoms with Crippen LogP contribution in [0.3, 0.4) is 0 Å². The number of rotatable bonds is 6. The summed E-state index contributed by atoms with van der Waals surface area (Å²) >= 11 is 3.81. The minimum absolute atomic E-state index is 1.21. The average Bonchev–Trinajstić information content (AvgIpc) is 1.94. The van der Waals surface area contributed by atoms with Crippen LogP contribution >= 0.6 is 40.1 Å². The van der Waals surface area contributed by atoms with Crippen LogP contribution in [0.15, 0.2) is 0 Å². The Bertz CT molecular complexity index is 184. The van der Waals surface area contributed by atoms with Gasteiger partial charge in [-0.05, 0) is 31.9 Å². The van der Waals surface area contributed by atoms with Crippen molar-refractivity contribution in [1.29, 1.82) is 0 Å². The lowest BCUT2D eigenvalue weighted by molar-refractivity contribution is 0.0293. The van der Waals surface area contributed by atoms with Crippen LogP contribution in [0.2, 0.25) is 0 Å². The molecule has 14 heavy (non-hydrogen) atoms. The lowest BCUT2D eigenvalue weighted by Crippen LogP contribution is -2.15. The van der Waals surface area contributed by atoms with E-state index in [2.05, 4.69) is 9.05 Å². The SMILES string of the molecule is O=[PH](OCC(F)(F)Br)OCC(F)(F)Br. The maximum Gasteiger partial charge on any atom is 0.324 e. The first-order valence-corrected chi connectivity index (χ1v) is 5.84. The summed E-state index contributed by atoms with van der Waals surface area (Å²) in [5, 5.41) is 0.